The van der Waals surface area contributed by atoms with Crippen molar-refractivity contribution in [2.24, 2.45) is 0 Å². The molecule has 1 fully saturated rings. The first-order valence-electron chi connectivity index (χ1n) is 10.4. The van der Waals surface area contributed by atoms with Crippen LogP contribution in [0.25, 0.3) is 0 Å². The van der Waals surface area contributed by atoms with Crippen LogP contribution in [0.1, 0.15) is 41.3 Å². The summed E-state index contributed by atoms with van der Waals surface area (Å²) in [6.07, 6.45) is 3.50. The van der Waals surface area contributed by atoms with Crippen molar-refractivity contribution in [2.75, 3.05) is 28.6 Å². The minimum Gasteiger partial charge on any atom is -0.371 e. The Morgan fingerprint density at radius 2 is 1.81 bits per heavy atom. The topological polar surface area (TPSA) is 93.5 Å². The number of nitrogens with one attached hydrogen (secondary N) is 1. The van der Waals surface area contributed by atoms with E-state index in [0.717, 1.165) is 37.2 Å². The van der Waals surface area contributed by atoms with Gasteiger partial charge in [0.1, 0.15) is 0 Å². The second-order valence-electron chi connectivity index (χ2n) is 8.35. The minimum absolute atomic E-state index is 0.0989. The predicted octanol–water partition coefficient (Wildman–Crippen LogP) is 2.67. The fraction of sp³-hybridized carbons (Fsp3) is 0.391. The maximum Gasteiger partial charge on any atom is 0.251 e. The second-order valence-corrected chi connectivity index (χ2v) is 10.2. The van der Waals surface area contributed by atoms with Crippen molar-refractivity contribution in [1.29, 1.82) is 5.26 Å². The van der Waals surface area contributed by atoms with Gasteiger partial charge in [0.25, 0.3) is 5.91 Å². The number of hydrogen-bond donors (Lipinski definition) is 1. The van der Waals surface area contributed by atoms with Gasteiger partial charge in [-0.25, -0.2) is 8.42 Å². The third-order valence-electron chi connectivity index (χ3n) is 6.04. The zero-order valence-electron chi connectivity index (χ0n) is 17.7. The van der Waals surface area contributed by atoms with Gasteiger partial charge < -0.3 is 10.2 Å². The predicted molar refractivity (Wildman–Crippen MR) is 121 cm³/mol. The number of amides is 1. The van der Waals surface area contributed by atoms with Gasteiger partial charge >= 0.3 is 0 Å². The van der Waals surface area contributed by atoms with Crippen molar-refractivity contribution in [1.82, 2.24) is 5.32 Å². The first-order chi connectivity index (χ1) is 14.8. The number of piperidine rings is 1. The van der Waals surface area contributed by atoms with Crippen LogP contribution in [-0.2, 0) is 16.4 Å². The lowest BCUT2D eigenvalue weighted by molar-refractivity contribution is 0.0931. The monoisotopic (exact) mass is 438 g/mol. The Balaban J connectivity index is 1.38. The molecule has 8 heteroatoms. The molecule has 2 aromatic carbocycles. The molecule has 0 aromatic heterocycles. The Hall–Kier alpha value is -3.05. The zero-order chi connectivity index (χ0) is 22.2. The van der Waals surface area contributed by atoms with Gasteiger partial charge in [-0.2, -0.15) is 5.26 Å². The van der Waals surface area contributed by atoms with Crippen LogP contribution in [-0.4, -0.2) is 45.8 Å². The van der Waals surface area contributed by atoms with Crippen LogP contribution < -0.4 is 14.5 Å². The van der Waals surface area contributed by atoms with Crippen LogP contribution in [0.15, 0.2) is 42.5 Å². The van der Waals surface area contributed by atoms with E-state index >= 15 is 0 Å². The van der Waals surface area contributed by atoms with E-state index in [-0.39, 0.29) is 18.0 Å². The Bertz CT molecular complexity index is 1130. The second kappa shape index (κ2) is 8.23. The molecule has 1 saturated heterocycles. The fourth-order valence-electron chi connectivity index (χ4n) is 4.55. The molecule has 1 amide bonds. The molecule has 7 nitrogen and oxygen atoms in total. The lowest BCUT2D eigenvalue weighted by Gasteiger charge is -2.34. The number of hydrogen-bond acceptors (Lipinski definition) is 5. The van der Waals surface area contributed by atoms with Crippen LogP contribution in [0.5, 0.6) is 0 Å². The number of carbonyl (C=O) groups excluding carboxylic acids is 1. The molecule has 1 atom stereocenters. The molecule has 162 valence electrons. The van der Waals surface area contributed by atoms with Crippen molar-refractivity contribution >= 4 is 27.3 Å². The normalized spacial score (nSPS) is 19.1. The van der Waals surface area contributed by atoms with Gasteiger partial charge in [0.05, 0.1) is 23.6 Å². The first kappa shape index (κ1) is 21.2. The standard InChI is InChI=1S/C23H26N4O3S/c1-16-13-19-14-18(5-8-22(19)27(16)31(2,29)30)23(28)25-20-9-11-26(12-10-20)21-6-3-17(15-24)4-7-21/h3-8,14,16,20H,9-13H2,1-2H3,(H,25,28). The van der Waals surface area contributed by atoms with Crippen molar-refractivity contribution in [3.63, 3.8) is 0 Å². The maximum absolute atomic E-state index is 12.8. The van der Waals surface area contributed by atoms with Crippen LogP contribution in [0.2, 0.25) is 0 Å². The molecule has 31 heavy (non-hydrogen) atoms. The smallest absolute Gasteiger partial charge is 0.251 e. The average Bonchev–Trinajstić information content (AvgIpc) is 3.09. The summed E-state index contributed by atoms with van der Waals surface area (Å²) >= 11 is 0. The number of sulfonamides is 1. The van der Waals surface area contributed by atoms with E-state index in [1.807, 2.05) is 37.3 Å². The van der Waals surface area contributed by atoms with E-state index in [0.29, 0.717) is 23.2 Å². The highest BCUT2D eigenvalue weighted by Crippen LogP contribution is 2.34. The molecule has 2 heterocycles. The van der Waals surface area contributed by atoms with Crippen molar-refractivity contribution in [2.45, 2.75) is 38.3 Å². The quantitative estimate of drug-likeness (QED) is 0.792. The summed E-state index contributed by atoms with van der Waals surface area (Å²) in [5, 5.41) is 12.1. The molecular formula is C23H26N4O3S. The van der Waals surface area contributed by atoms with E-state index in [2.05, 4.69) is 16.3 Å². The highest BCUT2D eigenvalue weighted by Gasteiger charge is 2.33. The average molecular weight is 439 g/mol. The molecule has 0 saturated carbocycles. The number of nitrogens with zero attached hydrogens (tertiary/aromatic N) is 3. The summed E-state index contributed by atoms with van der Waals surface area (Å²) in [7, 11) is -3.34. The fourth-order valence-corrected chi connectivity index (χ4v) is 5.81. The number of nitriles is 1. The first-order valence-corrected chi connectivity index (χ1v) is 12.3. The van der Waals surface area contributed by atoms with Crippen molar-refractivity contribution in [3.05, 3.63) is 59.2 Å². The summed E-state index contributed by atoms with van der Waals surface area (Å²) in [5.41, 5.74) is 3.86. The van der Waals surface area contributed by atoms with E-state index in [1.54, 1.807) is 12.1 Å². The van der Waals surface area contributed by atoms with Crippen LogP contribution >= 0.6 is 0 Å². The third kappa shape index (κ3) is 4.37. The van der Waals surface area contributed by atoms with Crippen LogP contribution in [0.4, 0.5) is 11.4 Å². The number of anilines is 2. The molecule has 0 bridgehead atoms. The van der Waals surface area contributed by atoms with E-state index < -0.39 is 10.0 Å². The van der Waals surface area contributed by atoms with Crippen LogP contribution in [0.3, 0.4) is 0 Å². The minimum atomic E-state index is -3.34. The molecular weight excluding hydrogens is 412 g/mol. The van der Waals surface area contributed by atoms with Crippen molar-refractivity contribution in [3.8, 4) is 6.07 Å². The highest BCUT2D eigenvalue weighted by atomic mass is 32.2. The van der Waals surface area contributed by atoms with Gasteiger partial charge in [-0.3, -0.25) is 9.10 Å². The van der Waals surface area contributed by atoms with E-state index in [1.165, 1.54) is 10.6 Å². The maximum atomic E-state index is 12.8. The summed E-state index contributed by atoms with van der Waals surface area (Å²) in [5.74, 6) is -0.120. The van der Waals surface area contributed by atoms with Gasteiger partial charge in [-0.1, -0.05) is 0 Å². The Kier molecular flexibility index (Phi) is 5.63. The van der Waals surface area contributed by atoms with Gasteiger partial charge in [0.15, 0.2) is 0 Å². The molecule has 0 aliphatic carbocycles. The van der Waals surface area contributed by atoms with E-state index in [9.17, 15) is 13.2 Å². The number of fused-ring (bicyclic) bond motifs is 1. The zero-order valence-corrected chi connectivity index (χ0v) is 18.5. The molecule has 0 spiro atoms. The largest absolute Gasteiger partial charge is 0.371 e. The van der Waals surface area contributed by atoms with Gasteiger partial charge in [-0.05, 0) is 74.2 Å². The summed E-state index contributed by atoms with van der Waals surface area (Å²) in [4.78, 5) is 15.1. The van der Waals surface area contributed by atoms with E-state index in [4.69, 9.17) is 5.26 Å². The number of benzene rings is 2. The number of rotatable bonds is 4. The van der Waals surface area contributed by atoms with Gasteiger partial charge in [0.2, 0.25) is 10.0 Å². The van der Waals surface area contributed by atoms with Crippen molar-refractivity contribution < 1.29 is 13.2 Å². The SMILES string of the molecule is CC1Cc2cc(C(=O)NC3CCN(c4ccc(C#N)cc4)CC3)ccc2N1S(C)(=O)=O. The number of carbonyl (C=O) groups is 1. The lowest BCUT2D eigenvalue weighted by Crippen LogP contribution is -2.44. The third-order valence-corrected chi connectivity index (χ3v) is 7.31. The molecule has 1 N–H and O–H groups in total. The Labute approximate surface area is 183 Å². The Morgan fingerprint density at radius 3 is 2.42 bits per heavy atom. The van der Waals surface area contributed by atoms with Gasteiger partial charge in [0, 0.05) is 36.4 Å². The Morgan fingerprint density at radius 1 is 1.13 bits per heavy atom. The lowest BCUT2D eigenvalue weighted by atomic mass is 10.0. The molecule has 4 rings (SSSR count). The highest BCUT2D eigenvalue weighted by molar-refractivity contribution is 7.92. The molecule has 2 aliphatic heterocycles. The molecule has 2 aliphatic rings. The molecule has 1 unspecified atom stereocenters. The molecule has 0 radical (unpaired) electrons. The molecule has 2 aromatic rings. The summed E-state index contributed by atoms with van der Waals surface area (Å²) in [6, 6.07) is 14.9. The summed E-state index contributed by atoms with van der Waals surface area (Å²) in [6.45, 7) is 3.55. The van der Waals surface area contributed by atoms with Gasteiger partial charge in [-0.15, -0.1) is 0 Å². The van der Waals surface area contributed by atoms with Crippen LogP contribution in [0, 0.1) is 11.3 Å². The summed E-state index contributed by atoms with van der Waals surface area (Å²) < 4.78 is 25.6.